The molecule has 0 aliphatic carbocycles. The number of hydrogen-bond donors (Lipinski definition) is 4. The number of halogens is 3. The highest BCUT2D eigenvalue weighted by Gasteiger charge is 2.22. The summed E-state index contributed by atoms with van der Waals surface area (Å²) in [6, 6.07) is 12.8. The normalized spacial score (nSPS) is 10.8. The van der Waals surface area contributed by atoms with Gasteiger partial charge in [-0.1, -0.05) is 23.7 Å². The van der Waals surface area contributed by atoms with Crippen molar-refractivity contribution in [2.24, 2.45) is 0 Å². The third-order valence-corrected chi connectivity index (χ3v) is 5.94. The molecule has 12 nitrogen and oxygen atoms in total. The number of carboxylic acid groups (broad SMARTS) is 1. The fourth-order valence-corrected chi connectivity index (χ4v) is 4.15. The Balaban J connectivity index is 0.00000129. The van der Waals surface area contributed by atoms with Gasteiger partial charge in [-0.25, -0.2) is 9.50 Å². The number of aromatic nitrogens is 5. The van der Waals surface area contributed by atoms with Crippen LogP contribution in [0.5, 0.6) is 11.5 Å². The van der Waals surface area contributed by atoms with E-state index in [-0.39, 0.29) is 45.5 Å². The van der Waals surface area contributed by atoms with Gasteiger partial charge in [0.1, 0.15) is 22.8 Å². The number of ether oxygens (including phenoxy) is 1. The Morgan fingerprint density at radius 3 is 2.76 bits per heavy atom. The van der Waals surface area contributed by atoms with Gasteiger partial charge in [0.2, 0.25) is 0 Å². The van der Waals surface area contributed by atoms with Crippen LogP contribution in [-0.4, -0.2) is 60.1 Å². The second kappa shape index (κ2) is 14.0. The van der Waals surface area contributed by atoms with Crippen molar-refractivity contribution in [3.8, 4) is 22.8 Å². The summed E-state index contributed by atoms with van der Waals surface area (Å²) in [5.74, 6) is -0.476. The number of carbonyl (C=O) groups excluding carboxylic acids is 1. The predicted molar refractivity (Wildman–Crippen MR) is 149 cm³/mol. The third-order valence-electron chi connectivity index (χ3n) is 5.70. The molecule has 0 radical (unpaired) electrons. The molecule has 0 saturated carbocycles. The SMILES string of the molecule is O=C(Nc1cn(CCNCc2cccc(O)c2)nc1-c1cc(Cl)ccc1OC(F)F)c1cnn2cccnc12.O=CO. The lowest BCUT2D eigenvalue weighted by molar-refractivity contribution is -0.122. The summed E-state index contributed by atoms with van der Waals surface area (Å²) in [6.07, 6.45) is 6.18. The second-order valence-electron chi connectivity index (χ2n) is 8.53. The number of rotatable bonds is 10. The molecule has 42 heavy (non-hydrogen) atoms. The van der Waals surface area contributed by atoms with Gasteiger partial charge in [0.05, 0.1) is 18.4 Å². The summed E-state index contributed by atoms with van der Waals surface area (Å²) in [4.78, 5) is 25.8. The van der Waals surface area contributed by atoms with Gasteiger partial charge in [-0.3, -0.25) is 14.3 Å². The Hall–Kier alpha value is -5.08. The van der Waals surface area contributed by atoms with Crippen LogP contribution in [0.25, 0.3) is 16.9 Å². The number of nitrogens with one attached hydrogen (secondary N) is 2. The molecule has 0 atom stereocenters. The van der Waals surface area contributed by atoms with E-state index in [9.17, 15) is 18.7 Å². The fraction of sp³-hybridized carbons (Fsp3) is 0.148. The Kier molecular flexibility index (Phi) is 9.97. The monoisotopic (exact) mass is 599 g/mol. The van der Waals surface area contributed by atoms with Gasteiger partial charge < -0.3 is 25.6 Å². The largest absolute Gasteiger partial charge is 0.508 e. The number of phenolic OH excluding ortho intramolecular Hbond substituents is 1. The molecule has 1 amide bonds. The van der Waals surface area contributed by atoms with E-state index < -0.39 is 12.5 Å². The summed E-state index contributed by atoms with van der Waals surface area (Å²) in [7, 11) is 0. The highest BCUT2D eigenvalue weighted by atomic mass is 35.5. The first-order chi connectivity index (χ1) is 20.3. The highest BCUT2D eigenvalue weighted by molar-refractivity contribution is 6.31. The summed E-state index contributed by atoms with van der Waals surface area (Å²) < 4.78 is 34.0. The maximum Gasteiger partial charge on any atom is 0.387 e. The van der Waals surface area contributed by atoms with Gasteiger partial charge in [-0.05, 0) is 42.0 Å². The maximum absolute atomic E-state index is 13.2. The number of fused-ring (bicyclic) bond motifs is 1. The van der Waals surface area contributed by atoms with E-state index >= 15 is 0 Å². The lowest BCUT2D eigenvalue weighted by Gasteiger charge is -2.11. The Labute approximate surface area is 242 Å². The minimum atomic E-state index is -3.07. The third kappa shape index (κ3) is 7.56. The zero-order valence-electron chi connectivity index (χ0n) is 21.7. The molecule has 3 aromatic heterocycles. The van der Waals surface area contributed by atoms with E-state index in [1.54, 1.807) is 47.5 Å². The van der Waals surface area contributed by atoms with E-state index in [1.165, 1.54) is 28.9 Å². The van der Waals surface area contributed by atoms with Crippen LogP contribution in [0.1, 0.15) is 15.9 Å². The Morgan fingerprint density at radius 2 is 2.00 bits per heavy atom. The lowest BCUT2D eigenvalue weighted by atomic mass is 10.1. The van der Waals surface area contributed by atoms with Gasteiger partial charge in [0, 0.05) is 42.3 Å². The quantitative estimate of drug-likeness (QED) is 0.136. The summed E-state index contributed by atoms with van der Waals surface area (Å²) in [5, 5.41) is 31.5. The standard InChI is InChI=1S/C26H22ClF2N7O3.CH2O2/c27-17-5-6-22(39-26(28)29)19(12-17)23-21(33-25(38)20-14-32-36-9-2-7-31-24(20)36)15-35(34-23)10-8-30-13-16-3-1-4-18(37)11-16;2-1-3/h1-7,9,11-12,14-15,26,30,37H,8,10,13H2,(H,33,38);1H,(H,2,3). The number of phenols is 1. The van der Waals surface area contributed by atoms with Gasteiger partial charge in [-0.2, -0.15) is 19.0 Å². The van der Waals surface area contributed by atoms with Gasteiger partial charge in [0.15, 0.2) is 5.65 Å². The minimum Gasteiger partial charge on any atom is -0.508 e. The first kappa shape index (κ1) is 29.9. The van der Waals surface area contributed by atoms with Crippen LogP contribution < -0.4 is 15.4 Å². The van der Waals surface area contributed by atoms with Crippen molar-refractivity contribution in [1.29, 1.82) is 0 Å². The summed E-state index contributed by atoms with van der Waals surface area (Å²) in [5.41, 5.74) is 2.10. The first-order valence-corrected chi connectivity index (χ1v) is 12.6. The average Bonchev–Trinajstić information content (AvgIpc) is 3.56. The average molecular weight is 600 g/mol. The zero-order chi connectivity index (χ0) is 30.1. The van der Waals surface area contributed by atoms with Crippen molar-refractivity contribution in [2.75, 3.05) is 11.9 Å². The van der Waals surface area contributed by atoms with E-state index in [1.807, 2.05) is 6.07 Å². The molecule has 218 valence electrons. The highest BCUT2D eigenvalue weighted by Crippen LogP contribution is 2.37. The van der Waals surface area contributed by atoms with Crippen LogP contribution in [0.2, 0.25) is 5.02 Å². The van der Waals surface area contributed by atoms with Crippen molar-refractivity contribution < 1.29 is 33.3 Å². The molecule has 0 aliphatic heterocycles. The van der Waals surface area contributed by atoms with Crippen molar-refractivity contribution in [3.05, 3.63) is 89.5 Å². The molecule has 2 aromatic carbocycles. The summed E-state index contributed by atoms with van der Waals surface area (Å²) >= 11 is 6.17. The molecular weight excluding hydrogens is 576 g/mol. The van der Waals surface area contributed by atoms with Gasteiger partial charge >= 0.3 is 6.61 Å². The van der Waals surface area contributed by atoms with Crippen molar-refractivity contribution in [2.45, 2.75) is 19.7 Å². The Morgan fingerprint density at radius 1 is 1.19 bits per heavy atom. The molecule has 0 aliphatic rings. The van der Waals surface area contributed by atoms with Crippen LogP contribution >= 0.6 is 11.6 Å². The first-order valence-electron chi connectivity index (χ1n) is 12.3. The van der Waals surface area contributed by atoms with E-state index in [0.29, 0.717) is 25.3 Å². The number of amides is 1. The molecule has 0 fully saturated rings. The molecule has 5 aromatic rings. The van der Waals surface area contributed by atoms with Gasteiger partial charge in [-0.15, -0.1) is 0 Å². The predicted octanol–water partition coefficient (Wildman–Crippen LogP) is 4.30. The second-order valence-corrected chi connectivity index (χ2v) is 8.96. The zero-order valence-corrected chi connectivity index (χ0v) is 22.4. The van der Waals surface area contributed by atoms with Crippen LogP contribution in [0.4, 0.5) is 14.5 Å². The molecular formula is C27H24ClF2N7O5. The van der Waals surface area contributed by atoms with E-state index in [0.717, 1.165) is 5.56 Å². The van der Waals surface area contributed by atoms with Crippen molar-refractivity contribution in [3.63, 3.8) is 0 Å². The molecule has 15 heteroatoms. The number of aromatic hydroxyl groups is 1. The molecule has 3 heterocycles. The number of alkyl halides is 2. The smallest absolute Gasteiger partial charge is 0.387 e. The Bertz CT molecular complexity index is 1680. The molecule has 4 N–H and O–H groups in total. The molecule has 5 rings (SSSR count). The molecule has 0 bridgehead atoms. The van der Waals surface area contributed by atoms with Crippen LogP contribution in [0, 0.1) is 0 Å². The van der Waals surface area contributed by atoms with E-state index in [4.69, 9.17) is 26.2 Å². The maximum atomic E-state index is 13.2. The number of nitrogens with zero attached hydrogens (tertiary/aromatic N) is 5. The number of hydrogen-bond acceptors (Lipinski definition) is 8. The van der Waals surface area contributed by atoms with Crippen LogP contribution in [-0.2, 0) is 17.9 Å². The molecule has 0 unspecified atom stereocenters. The minimum absolute atomic E-state index is 0.144. The van der Waals surface area contributed by atoms with Crippen molar-refractivity contribution >= 4 is 35.3 Å². The van der Waals surface area contributed by atoms with Crippen molar-refractivity contribution in [1.82, 2.24) is 29.7 Å². The molecule has 0 spiro atoms. The molecule has 0 saturated heterocycles. The van der Waals surface area contributed by atoms with E-state index in [2.05, 4.69) is 25.8 Å². The fourth-order valence-electron chi connectivity index (χ4n) is 3.98. The van der Waals surface area contributed by atoms with Crippen LogP contribution in [0.15, 0.2) is 73.3 Å². The topological polar surface area (TPSA) is 156 Å². The van der Waals surface area contributed by atoms with Gasteiger partial charge in [0.25, 0.3) is 12.4 Å². The number of anilines is 1. The number of carbonyl (C=O) groups is 2. The van der Waals surface area contributed by atoms with Crippen LogP contribution in [0.3, 0.4) is 0 Å². The summed E-state index contributed by atoms with van der Waals surface area (Å²) in [6.45, 7) is -1.95. The lowest BCUT2D eigenvalue weighted by Crippen LogP contribution is -2.19. The number of benzene rings is 2.